The number of ether oxygens (including phenoxy) is 2. The summed E-state index contributed by atoms with van der Waals surface area (Å²) in [5.74, 6) is -0.0946. The second-order valence-corrected chi connectivity index (χ2v) is 6.32. The first-order chi connectivity index (χ1) is 12.5. The van der Waals surface area contributed by atoms with E-state index < -0.39 is 10.7 Å². The number of methoxy groups -OCH3 is 1. The fourth-order valence-corrected chi connectivity index (χ4v) is 3.31. The molecule has 0 spiro atoms. The van der Waals surface area contributed by atoms with Gasteiger partial charge in [0.25, 0.3) is 5.69 Å². The minimum absolute atomic E-state index is 0.0960. The van der Waals surface area contributed by atoms with Crippen molar-refractivity contribution in [3.8, 4) is 16.9 Å². The first-order valence-electron chi connectivity index (χ1n) is 7.87. The number of rotatable bonds is 8. The third-order valence-corrected chi connectivity index (χ3v) is 4.57. The Balaban J connectivity index is 2.33. The van der Waals surface area contributed by atoms with Gasteiger partial charge in [-0.3, -0.25) is 14.9 Å². The van der Waals surface area contributed by atoms with Crippen LogP contribution >= 0.6 is 11.8 Å². The minimum atomic E-state index is -0.510. The van der Waals surface area contributed by atoms with Crippen LogP contribution in [0.2, 0.25) is 0 Å². The Bertz CT molecular complexity index is 812. The topological polar surface area (TPSA) is 78.7 Å². The summed E-state index contributed by atoms with van der Waals surface area (Å²) in [5.41, 5.74) is 0.727. The van der Waals surface area contributed by atoms with Crippen molar-refractivity contribution < 1.29 is 23.6 Å². The Hall–Kier alpha value is -2.61. The molecule has 0 bridgehead atoms. The third-order valence-electron chi connectivity index (χ3n) is 3.51. The first-order valence-corrected chi connectivity index (χ1v) is 8.85. The van der Waals surface area contributed by atoms with Crippen LogP contribution in [0.15, 0.2) is 41.3 Å². The molecule has 8 heteroatoms. The lowest BCUT2D eigenvalue weighted by Crippen LogP contribution is -2.04. The summed E-state index contributed by atoms with van der Waals surface area (Å²) >= 11 is 1.24. The maximum absolute atomic E-state index is 14.4. The quantitative estimate of drug-likeness (QED) is 0.292. The van der Waals surface area contributed by atoms with Crippen LogP contribution in [-0.2, 0) is 9.53 Å². The van der Waals surface area contributed by atoms with E-state index in [4.69, 9.17) is 9.47 Å². The normalized spacial score (nSPS) is 10.4. The van der Waals surface area contributed by atoms with Gasteiger partial charge in [0, 0.05) is 34.4 Å². The van der Waals surface area contributed by atoms with Gasteiger partial charge >= 0.3 is 5.97 Å². The Morgan fingerprint density at radius 1 is 1.23 bits per heavy atom. The summed E-state index contributed by atoms with van der Waals surface area (Å²) < 4.78 is 24.3. The van der Waals surface area contributed by atoms with Crippen LogP contribution in [0.25, 0.3) is 11.1 Å². The van der Waals surface area contributed by atoms with E-state index in [-0.39, 0.29) is 18.1 Å². The lowest BCUT2D eigenvalue weighted by atomic mass is 10.0. The smallest absolute Gasteiger partial charge is 0.306 e. The molecule has 6 nitrogen and oxygen atoms in total. The van der Waals surface area contributed by atoms with Gasteiger partial charge in [-0.2, -0.15) is 0 Å². The summed E-state index contributed by atoms with van der Waals surface area (Å²) in [6.45, 7) is 2.01. The average molecular weight is 379 g/mol. The first kappa shape index (κ1) is 19.7. The van der Waals surface area contributed by atoms with Crippen molar-refractivity contribution in [1.29, 1.82) is 0 Å². The molecule has 0 amide bonds. The molecule has 0 aliphatic heterocycles. The molecular formula is C18H18FNO5S. The third kappa shape index (κ3) is 4.95. The second-order valence-electron chi connectivity index (χ2n) is 5.19. The van der Waals surface area contributed by atoms with E-state index in [1.165, 1.54) is 43.1 Å². The van der Waals surface area contributed by atoms with Crippen molar-refractivity contribution in [2.75, 3.05) is 19.5 Å². The van der Waals surface area contributed by atoms with Gasteiger partial charge in [0.05, 0.1) is 25.1 Å². The number of benzene rings is 2. The standard InChI is InChI=1S/C18H18FNO5S/c1-3-25-18(21)8-9-26-17-10-12(20(22)23)4-6-15(17)14-7-5-13(24-2)11-16(14)19/h4-7,10-11H,3,8-9H2,1-2H3. The fourth-order valence-electron chi connectivity index (χ4n) is 2.29. The highest BCUT2D eigenvalue weighted by atomic mass is 32.2. The number of halogens is 1. The van der Waals surface area contributed by atoms with Crippen LogP contribution in [-0.4, -0.2) is 30.4 Å². The van der Waals surface area contributed by atoms with Crippen molar-refractivity contribution in [3.05, 3.63) is 52.3 Å². The molecule has 0 heterocycles. The Morgan fingerprint density at radius 2 is 1.96 bits per heavy atom. The van der Waals surface area contributed by atoms with E-state index in [0.717, 1.165) is 0 Å². The molecule has 0 saturated carbocycles. The zero-order chi connectivity index (χ0) is 19.1. The summed E-state index contributed by atoms with van der Waals surface area (Å²) in [7, 11) is 1.44. The monoisotopic (exact) mass is 379 g/mol. The highest BCUT2D eigenvalue weighted by Crippen LogP contribution is 2.36. The van der Waals surface area contributed by atoms with Crippen LogP contribution in [0.3, 0.4) is 0 Å². The van der Waals surface area contributed by atoms with Crippen LogP contribution in [0.1, 0.15) is 13.3 Å². The zero-order valence-corrected chi connectivity index (χ0v) is 15.2. The maximum Gasteiger partial charge on any atom is 0.306 e. The summed E-state index contributed by atoms with van der Waals surface area (Å²) in [6, 6.07) is 8.65. The van der Waals surface area contributed by atoms with Gasteiger partial charge in [0.2, 0.25) is 0 Å². The number of nitrogens with zero attached hydrogens (tertiary/aromatic N) is 1. The molecule has 0 aromatic heterocycles. The van der Waals surface area contributed by atoms with Crippen LogP contribution in [0, 0.1) is 15.9 Å². The van der Waals surface area contributed by atoms with Gasteiger partial charge < -0.3 is 9.47 Å². The van der Waals surface area contributed by atoms with Crippen LogP contribution < -0.4 is 4.74 Å². The minimum Gasteiger partial charge on any atom is -0.497 e. The Labute approximate surface area is 154 Å². The van der Waals surface area contributed by atoms with Crippen molar-refractivity contribution in [2.24, 2.45) is 0 Å². The number of nitro benzene ring substituents is 1. The van der Waals surface area contributed by atoms with E-state index >= 15 is 0 Å². The van der Waals surface area contributed by atoms with Gasteiger partial charge in [0.15, 0.2) is 0 Å². The number of esters is 1. The molecule has 2 aromatic carbocycles. The fraction of sp³-hybridized carbons (Fsp3) is 0.278. The van der Waals surface area contributed by atoms with E-state index in [0.29, 0.717) is 34.1 Å². The van der Waals surface area contributed by atoms with E-state index in [1.807, 2.05) is 0 Å². The number of nitro groups is 1. The van der Waals surface area contributed by atoms with Gasteiger partial charge in [-0.1, -0.05) is 0 Å². The molecule has 0 atom stereocenters. The van der Waals surface area contributed by atoms with Crippen molar-refractivity contribution in [3.63, 3.8) is 0 Å². The predicted molar refractivity (Wildman–Crippen MR) is 97.0 cm³/mol. The summed E-state index contributed by atoms with van der Waals surface area (Å²) in [4.78, 5) is 22.5. The molecule has 138 valence electrons. The highest BCUT2D eigenvalue weighted by Gasteiger charge is 2.16. The maximum atomic E-state index is 14.4. The molecule has 0 fully saturated rings. The number of hydrogen-bond donors (Lipinski definition) is 0. The molecule has 0 unspecified atom stereocenters. The van der Waals surface area contributed by atoms with Crippen molar-refractivity contribution in [2.45, 2.75) is 18.2 Å². The SMILES string of the molecule is CCOC(=O)CCSc1cc([N+](=O)[O-])ccc1-c1ccc(OC)cc1F. The van der Waals surface area contributed by atoms with E-state index in [2.05, 4.69) is 0 Å². The highest BCUT2D eigenvalue weighted by molar-refractivity contribution is 7.99. The molecule has 26 heavy (non-hydrogen) atoms. The van der Waals surface area contributed by atoms with E-state index in [9.17, 15) is 19.3 Å². The average Bonchev–Trinajstić information content (AvgIpc) is 2.62. The number of carbonyl (C=O) groups excluding carboxylic acids is 1. The molecular weight excluding hydrogens is 361 g/mol. The second kappa shape index (κ2) is 9.19. The summed E-state index contributed by atoms with van der Waals surface area (Å²) in [5, 5.41) is 11.1. The van der Waals surface area contributed by atoms with Crippen LogP contribution in [0.4, 0.5) is 10.1 Å². The van der Waals surface area contributed by atoms with Gasteiger partial charge in [0.1, 0.15) is 11.6 Å². The number of hydrogen-bond acceptors (Lipinski definition) is 6. The zero-order valence-electron chi connectivity index (χ0n) is 14.4. The van der Waals surface area contributed by atoms with Crippen molar-refractivity contribution >= 4 is 23.4 Å². The van der Waals surface area contributed by atoms with Gasteiger partial charge in [-0.25, -0.2) is 4.39 Å². The number of carbonyl (C=O) groups is 1. The molecule has 2 rings (SSSR count). The summed E-state index contributed by atoms with van der Waals surface area (Å²) in [6.07, 6.45) is 0.158. The largest absolute Gasteiger partial charge is 0.497 e. The van der Waals surface area contributed by atoms with Gasteiger partial charge in [-0.15, -0.1) is 11.8 Å². The van der Waals surface area contributed by atoms with Crippen molar-refractivity contribution in [1.82, 2.24) is 0 Å². The Kier molecular flexibility index (Phi) is 6.97. The molecule has 0 N–H and O–H groups in total. The molecule has 0 aliphatic rings. The number of thioether (sulfide) groups is 1. The number of non-ortho nitro benzene ring substituents is 1. The lowest BCUT2D eigenvalue weighted by molar-refractivity contribution is -0.385. The molecule has 2 aromatic rings. The van der Waals surface area contributed by atoms with Crippen LogP contribution in [0.5, 0.6) is 5.75 Å². The molecule has 0 aliphatic carbocycles. The van der Waals surface area contributed by atoms with E-state index in [1.54, 1.807) is 19.1 Å². The lowest BCUT2D eigenvalue weighted by Gasteiger charge is -2.11. The molecule has 0 saturated heterocycles. The van der Waals surface area contributed by atoms with Gasteiger partial charge in [-0.05, 0) is 30.7 Å². The predicted octanol–water partition coefficient (Wildman–Crippen LogP) is 4.45. The Morgan fingerprint density at radius 3 is 2.58 bits per heavy atom. The molecule has 0 radical (unpaired) electrons.